The van der Waals surface area contributed by atoms with Gasteiger partial charge in [0.2, 0.25) is 5.91 Å². The number of non-ortho nitro benzene ring substituents is 1. The molecule has 0 unspecified atom stereocenters. The van der Waals surface area contributed by atoms with Crippen LogP contribution >= 0.6 is 0 Å². The van der Waals surface area contributed by atoms with Crippen molar-refractivity contribution < 1.29 is 19.2 Å². The number of nitrogens with two attached hydrogens (primary N) is 1. The zero-order valence-corrected chi connectivity index (χ0v) is 11.5. The molecule has 0 atom stereocenters. The maximum absolute atomic E-state index is 11.5. The first-order chi connectivity index (χ1) is 9.31. The number of nitro groups is 1. The summed E-state index contributed by atoms with van der Waals surface area (Å²) in [4.78, 5) is 21.7. The van der Waals surface area contributed by atoms with Crippen LogP contribution in [0.3, 0.4) is 0 Å². The van der Waals surface area contributed by atoms with Gasteiger partial charge in [-0.15, -0.1) is 0 Å². The number of methoxy groups -OCH3 is 1. The van der Waals surface area contributed by atoms with Crippen LogP contribution in [0.5, 0.6) is 11.5 Å². The molecule has 0 aliphatic carbocycles. The Labute approximate surface area is 116 Å². The largest absolute Gasteiger partial charge is 0.493 e. The number of nitro benzene ring substituents is 1. The Morgan fingerprint density at radius 2 is 2.10 bits per heavy atom. The van der Waals surface area contributed by atoms with Gasteiger partial charge in [-0.05, 0) is 19.9 Å². The highest BCUT2D eigenvalue weighted by molar-refractivity contribution is 5.81. The smallest absolute Gasteiger partial charge is 0.273 e. The topological polar surface area (TPSA) is 117 Å². The van der Waals surface area contributed by atoms with E-state index >= 15 is 0 Å². The molecule has 0 spiro atoms. The van der Waals surface area contributed by atoms with Gasteiger partial charge in [-0.1, -0.05) is 0 Å². The highest BCUT2D eigenvalue weighted by Crippen LogP contribution is 2.32. The predicted octanol–water partition coefficient (Wildman–Crippen LogP) is 0.998. The minimum atomic E-state index is -0.885. The van der Waals surface area contributed by atoms with Gasteiger partial charge >= 0.3 is 0 Å². The molecule has 1 aromatic rings. The van der Waals surface area contributed by atoms with Crippen LogP contribution in [-0.2, 0) is 4.79 Å². The molecule has 8 nitrogen and oxygen atoms in total. The highest BCUT2D eigenvalue weighted by atomic mass is 16.6. The number of carbonyl (C=O) groups excluding carboxylic acids is 1. The van der Waals surface area contributed by atoms with Crippen molar-refractivity contribution in [3.63, 3.8) is 0 Å². The highest BCUT2D eigenvalue weighted by Gasteiger charge is 2.28. The molecule has 0 heterocycles. The normalized spacial score (nSPS) is 10.8. The second kappa shape index (κ2) is 6.20. The molecule has 0 aliphatic rings. The van der Waals surface area contributed by atoms with E-state index < -0.39 is 16.2 Å². The van der Waals surface area contributed by atoms with Gasteiger partial charge in [-0.3, -0.25) is 20.3 Å². The first-order valence-corrected chi connectivity index (χ1v) is 5.78. The van der Waals surface area contributed by atoms with Crippen molar-refractivity contribution >= 4 is 11.6 Å². The average molecular weight is 283 g/mol. The molecule has 20 heavy (non-hydrogen) atoms. The van der Waals surface area contributed by atoms with Gasteiger partial charge in [0.05, 0.1) is 23.5 Å². The zero-order valence-electron chi connectivity index (χ0n) is 11.5. The molecule has 1 amide bonds. The molecular formula is C12H17N3O5. The van der Waals surface area contributed by atoms with E-state index in [4.69, 9.17) is 15.3 Å². The molecule has 0 fully saturated rings. The van der Waals surface area contributed by atoms with Crippen molar-refractivity contribution in [3.8, 4) is 11.5 Å². The number of benzene rings is 1. The molecule has 8 heteroatoms. The lowest BCUT2D eigenvalue weighted by Gasteiger charge is -2.22. The summed E-state index contributed by atoms with van der Waals surface area (Å²) in [5, 5.41) is 10.7. The fourth-order valence-electron chi connectivity index (χ4n) is 1.41. The van der Waals surface area contributed by atoms with Crippen LogP contribution in [0, 0.1) is 15.5 Å². The van der Waals surface area contributed by atoms with Gasteiger partial charge in [0.1, 0.15) is 6.61 Å². The summed E-state index contributed by atoms with van der Waals surface area (Å²) in [6, 6.07) is 3.99. The second-order valence-electron chi connectivity index (χ2n) is 4.74. The summed E-state index contributed by atoms with van der Waals surface area (Å²) in [6.45, 7) is 3.27. The summed E-state index contributed by atoms with van der Waals surface area (Å²) in [6.07, 6.45) is 0. The Bertz CT molecular complexity index is 516. The van der Waals surface area contributed by atoms with E-state index in [1.54, 1.807) is 13.8 Å². The summed E-state index contributed by atoms with van der Waals surface area (Å²) < 4.78 is 10.5. The van der Waals surface area contributed by atoms with Crippen LogP contribution in [-0.4, -0.2) is 24.5 Å². The third-order valence-electron chi connectivity index (χ3n) is 2.69. The first-order valence-electron chi connectivity index (χ1n) is 5.78. The molecule has 0 radical (unpaired) electrons. The number of carbonyl (C=O) groups is 1. The zero-order chi connectivity index (χ0) is 15.3. The van der Waals surface area contributed by atoms with Gasteiger partial charge in [0.25, 0.3) is 5.69 Å². The summed E-state index contributed by atoms with van der Waals surface area (Å²) >= 11 is 0. The van der Waals surface area contributed by atoms with E-state index in [1.165, 1.54) is 25.3 Å². The van der Waals surface area contributed by atoms with E-state index in [-0.39, 0.29) is 18.0 Å². The Morgan fingerprint density at radius 1 is 1.45 bits per heavy atom. The van der Waals surface area contributed by atoms with E-state index in [1.807, 2.05) is 5.43 Å². The third-order valence-corrected chi connectivity index (χ3v) is 2.69. The Hall–Kier alpha value is -2.35. The lowest BCUT2D eigenvalue weighted by molar-refractivity contribution is -0.385. The summed E-state index contributed by atoms with van der Waals surface area (Å²) in [7, 11) is 1.42. The Morgan fingerprint density at radius 3 is 2.60 bits per heavy atom. The van der Waals surface area contributed by atoms with Crippen molar-refractivity contribution in [3.05, 3.63) is 28.3 Å². The number of ether oxygens (including phenoxy) is 2. The molecule has 1 aromatic carbocycles. The van der Waals surface area contributed by atoms with Crippen molar-refractivity contribution in [1.29, 1.82) is 0 Å². The number of amides is 1. The SMILES string of the molecule is COc1ccc([N+](=O)[O-])cc1OCC(C)(C)C(=O)NN. The van der Waals surface area contributed by atoms with E-state index in [0.29, 0.717) is 5.75 Å². The van der Waals surface area contributed by atoms with Crippen LogP contribution in [0.1, 0.15) is 13.8 Å². The van der Waals surface area contributed by atoms with Gasteiger partial charge in [-0.2, -0.15) is 0 Å². The monoisotopic (exact) mass is 283 g/mol. The number of rotatable bonds is 6. The molecule has 3 N–H and O–H groups in total. The maximum Gasteiger partial charge on any atom is 0.273 e. The molecule has 0 aliphatic heterocycles. The second-order valence-corrected chi connectivity index (χ2v) is 4.74. The Balaban J connectivity index is 2.93. The predicted molar refractivity (Wildman–Crippen MR) is 71.3 cm³/mol. The lowest BCUT2D eigenvalue weighted by atomic mass is 9.94. The van der Waals surface area contributed by atoms with Crippen LogP contribution in [0.15, 0.2) is 18.2 Å². The van der Waals surface area contributed by atoms with Gasteiger partial charge in [-0.25, -0.2) is 5.84 Å². The molecule has 0 saturated heterocycles. The van der Waals surface area contributed by atoms with Gasteiger partial charge in [0.15, 0.2) is 11.5 Å². The van der Waals surface area contributed by atoms with Crippen LogP contribution in [0.4, 0.5) is 5.69 Å². The van der Waals surface area contributed by atoms with Crippen LogP contribution < -0.4 is 20.7 Å². The van der Waals surface area contributed by atoms with Crippen molar-refractivity contribution in [2.75, 3.05) is 13.7 Å². The minimum absolute atomic E-state index is 0.00639. The fraction of sp³-hybridized carbons (Fsp3) is 0.417. The Kier molecular flexibility index (Phi) is 4.87. The molecule has 0 aromatic heterocycles. The first kappa shape index (κ1) is 15.7. The van der Waals surface area contributed by atoms with Crippen molar-refractivity contribution in [1.82, 2.24) is 5.43 Å². The minimum Gasteiger partial charge on any atom is -0.493 e. The molecular weight excluding hydrogens is 266 g/mol. The van der Waals surface area contributed by atoms with Crippen LogP contribution in [0.25, 0.3) is 0 Å². The lowest BCUT2D eigenvalue weighted by Crippen LogP contribution is -2.44. The average Bonchev–Trinajstić information content (AvgIpc) is 2.43. The quantitative estimate of drug-likeness (QED) is 0.348. The number of hydrogen-bond donors (Lipinski definition) is 2. The molecule has 0 bridgehead atoms. The number of nitrogens with one attached hydrogen (secondary N) is 1. The summed E-state index contributed by atoms with van der Waals surface area (Å²) in [5.41, 5.74) is 1.03. The van der Waals surface area contributed by atoms with Gasteiger partial charge < -0.3 is 9.47 Å². The van der Waals surface area contributed by atoms with Crippen molar-refractivity contribution in [2.45, 2.75) is 13.8 Å². The third kappa shape index (κ3) is 3.58. The molecule has 0 saturated carbocycles. The molecule has 1 rings (SSSR count). The fourth-order valence-corrected chi connectivity index (χ4v) is 1.41. The van der Waals surface area contributed by atoms with E-state index in [0.717, 1.165) is 0 Å². The molecule has 110 valence electrons. The number of hydrogen-bond acceptors (Lipinski definition) is 6. The number of hydrazine groups is 1. The van der Waals surface area contributed by atoms with Gasteiger partial charge in [0, 0.05) is 6.07 Å². The number of nitrogens with zero attached hydrogens (tertiary/aromatic N) is 1. The summed E-state index contributed by atoms with van der Waals surface area (Å²) in [5.74, 6) is 5.22. The maximum atomic E-state index is 11.5. The van der Waals surface area contributed by atoms with E-state index in [2.05, 4.69) is 0 Å². The van der Waals surface area contributed by atoms with Crippen molar-refractivity contribution in [2.24, 2.45) is 11.3 Å². The van der Waals surface area contributed by atoms with Crippen LogP contribution in [0.2, 0.25) is 0 Å². The van der Waals surface area contributed by atoms with E-state index in [9.17, 15) is 14.9 Å². The standard InChI is InChI=1S/C12H17N3O5/c1-12(2,11(16)14-13)7-20-10-6-8(15(17)18)4-5-9(10)19-3/h4-6H,7,13H2,1-3H3,(H,14,16).